The average molecular weight is 1120 g/mol. The summed E-state index contributed by atoms with van der Waals surface area (Å²) in [5.41, 5.74) is 0. The molecule has 0 radical (unpaired) electrons. The Hall–Kier alpha value is -2.25. The number of rotatable bonds is 18. The van der Waals surface area contributed by atoms with Crippen LogP contribution in [0.15, 0.2) is 0 Å². The van der Waals surface area contributed by atoms with E-state index in [9.17, 15) is 114 Å². The fourth-order valence-electron chi connectivity index (χ4n) is 3.42. The van der Waals surface area contributed by atoms with Crippen LogP contribution in [0.4, 0.5) is 132 Å². The summed E-state index contributed by atoms with van der Waals surface area (Å²) < 4.78 is 350. The first-order valence-electron chi connectivity index (χ1n) is 15.4. The van der Waals surface area contributed by atoms with Gasteiger partial charge in [0.25, 0.3) is 0 Å². The van der Waals surface area contributed by atoms with Crippen LogP contribution in [0, 0.1) is 45.5 Å². The topological polar surface area (TPSA) is 102 Å². The molecule has 0 aliphatic rings. The van der Waals surface area contributed by atoms with E-state index in [0.717, 1.165) is 0 Å². The van der Waals surface area contributed by atoms with Crippen LogP contribution >= 0.6 is 35.3 Å². The molecule has 406 valence electrons. The van der Waals surface area contributed by atoms with Crippen molar-refractivity contribution in [1.82, 2.24) is 0 Å². The Morgan fingerprint density at radius 1 is 0.364 bits per heavy atom. The lowest BCUT2D eigenvalue weighted by atomic mass is 10.0. The van der Waals surface area contributed by atoms with Gasteiger partial charge in [0.15, 0.2) is 0 Å². The predicted molar refractivity (Wildman–Crippen MR) is 182 cm³/mol. The molecule has 66 heavy (non-hydrogen) atoms. The fourth-order valence-corrected chi connectivity index (χ4v) is 6.13. The van der Waals surface area contributed by atoms with Gasteiger partial charge in [-0.3, -0.25) is 0 Å². The van der Waals surface area contributed by atoms with Crippen LogP contribution in [0.5, 0.6) is 0 Å². The zero-order chi connectivity index (χ0) is 55.6. The molecule has 0 saturated carbocycles. The highest BCUT2D eigenvalue weighted by Crippen LogP contribution is 2.50. The molecule has 0 aliphatic heterocycles. The Bertz CT molecular complexity index is 1060. The summed E-state index contributed by atoms with van der Waals surface area (Å²) in [6.45, 7) is 2.79. The van der Waals surface area contributed by atoms with Crippen molar-refractivity contribution in [3.05, 3.63) is 45.5 Å². The van der Waals surface area contributed by atoms with E-state index in [4.69, 9.17) is 48.1 Å². The Balaban J connectivity index is -0.000000119. The molecule has 39 heteroatoms. The number of hydrogen-bond donors (Lipinski definition) is 0. The maximum atomic E-state index is 13.3. The van der Waals surface area contributed by atoms with Gasteiger partial charge in [-0.05, 0) is 24.2 Å². The smallest absolute Gasteiger partial charge is 0.351 e. The molecule has 0 aromatic rings. The molecule has 0 amide bonds. The molecule has 0 unspecified atom stereocenters. The van der Waals surface area contributed by atoms with E-state index < -0.39 is 128 Å². The quantitative estimate of drug-likeness (QED) is 0.0981. The maximum Gasteiger partial charge on any atom is 0.450 e. The van der Waals surface area contributed by atoms with Crippen molar-refractivity contribution in [2.45, 2.75) is 132 Å². The fraction of sp³-hybridized carbons (Fsp3) is 0.889. The number of alkyl halides is 26. The maximum absolute atomic E-state index is 13.3. The minimum atomic E-state index is -6.01. The van der Waals surface area contributed by atoms with Gasteiger partial charge >= 0.3 is 48.9 Å². The van der Waals surface area contributed by atoms with Crippen LogP contribution in [0.1, 0.15) is 71.6 Å². The highest BCUT2D eigenvalue weighted by molar-refractivity contribution is 8.02. The zero-order valence-electron chi connectivity index (χ0n) is 32.3. The monoisotopic (exact) mass is 1120 g/mol. The van der Waals surface area contributed by atoms with Gasteiger partial charge in [-0.2, -0.15) is 96.6 Å². The van der Waals surface area contributed by atoms with Gasteiger partial charge in [-0.15, -0.1) is 12.8 Å². The number of thioether (sulfide) groups is 3. The van der Waals surface area contributed by atoms with Crippen molar-refractivity contribution in [3.63, 3.8) is 0 Å². The van der Waals surface area contributed by atoms with Gasteiger partial charge in [0, 0.05) is 48.1 Å². The first-order chi connectivity index (χ1) is 29.3. The second-order valence-corrected chi connectivity index (χ2v) is 14.8. The summed E-state index contributed by atoms with van der Waals surface area (Å²) in [7, 11) is 0. The van der Waals surface area contributed by atoms with E-state index in [-0.39, 0.29) is 23.3 Å². The van der Waals surface area contributed by atoms with E-state index in [0.29, 0.717) is 29.9 Å². The average Bonchev–Trinajstić information content (AvgIpc) is 3.10. The highest BCUT2D eigenvalue weighted by Gasteiger charge is 2.58. The molecule has 0 atom stereocenters. The van der Waals surface area contributed by atoms with Crippen LogP contribution in [0.25, 0.3) is 0 Å². The molecule has 0 aliphatic carbocycles. The lowest BCUT2D eigenvalue weighted by Crippen LogP contribution is -2.41. The summed E-state index contributed by atoms with van der Waals surface area (Å²) >= 11 is 1.07. The van der Waals surface area contributed by atoms with Gasteiger partial charge in [0.1, 0.15) is 12.8 Å². The molecule has 0 fully saturated rings. The molecule has 0 rings (SSSR count). The van der Waals surface area contributed by atoms with Gasteiger partial charge in [0.2, 0.25) is 11.8 Å². The van der Waals surface area contributed by atoms with Crippen molar-refractivity contribution < 1.29 is 132 Å². The summed E-state index contributed by atoms with van der Waals surface area (Å²) in [6.07, 6.45) is -45.7. The Kier molecular flexibility index (Phi) is 44.9. The van der Waals surface area contributed by atoms with Crippen molar-refractivity contribution in [2.75, 3.05) is 17.8 Å². The van der Waals surface area contributed by atoms with Crippen LogP contribution in [-0.2, 0) is 0 Å². The van der Waals surface area contributed by atoms with E-state index in [2.05, 4.69) is 0 Å². The third-order valence-corrected chi connectivity index (χ3v) is 8.60. The summed E-state index contributed by atoms with van der Waals surface area (Å²) in [5.74, 6) is -19.6. The molecule has 0 bridgehead atoms. The van der Waals surface area contributed by atoms with Gasteiger partial charge in [-0.25, -0.2) is 33.3 Å². The van der Waals surface area contributed by atoms with Crippen molar-refractivity contribution in [1.29, 1.82) is 0 Å². The zero-order valence-corrected chi connectivity index (χ0v) is 34.7. The first-order valence-corrected chi connectivity index (χ1v) is 18.6. The van der Waals surface area contributed by atoms with Crippen molar-refractivity contribution in [2.24, 2.45) is 0 Å². The molecular weight excluding hydrogens is 1090 g/mol. The molecule has 0 aromatic carbocycles. The highest BCUT2D eigenvalue weighted by atomic mass is 32.2. The van der Waals surface area contributed by atoms with Crippen LogP contribution in [0.2, 0.25) is 0 Å². The molecule has 0 spiro atoms. The Labute approximate surface area is 363 Å². The van der Waals surface area contributed by atoms with Gasteiger partial charge < -0.3 is 35.3 Å². The van der Waals surface area contributed by atoms with E-state index in [1.807, 2.05) is 0 Å². The van der Waals surface area contributed by atoms with E-state index in [1.165, 1.54) is 13.2 Å². The third-order valence-electron chi connectivity index (χ3n) is 5.44. The van der Waals surface area contributed by atoms with Gasteiger partial charge in [-0.1, -0.05) is 39.5 Å². The normalized spacial score (nSPS) is 12.7. The summed E-state index contributed by atoms with van der Waals surface area (Å²) in [5, 5.41) is -2.63. The molecule has 0 heterocycles. The second kappa shape index (κ2) is 36.7. The first kappa shape index (κ1) is 80.8. The Morgan fingerprint density at radius 3 is 0.803 bits per heavy atom. The second-order valence-electron chi connectivity index (χ2n) is 11.1. The minimum Gasteiger partial charge on any atom is -0.351 e. The number of hydrogen-bond acceptors (Lipinski definition) is 9. The van der Waals surface area contributed by atoms with Crippen LogP contribution < -0.4 is 0 Å². The Morgan fingerprint density at radius 2 is 0.621 bits per heavy atom. The predicted octanol–water partition coefficient (Wildman–Crippen LogP) is 17.7. The molecular formula is C27H31F30O6S3-3. The van der Waals surface area contributed by atoms with Crippen molar-refractivity contribution >= 4 is 35.3 Å². The minimum absolute atomic E-state index is 0.0412. The summed E-state index contributed by atoms with van der Waals surface area (Å²) in [6, 6.07) is 0. The SMILES string of the molecule is CCCS[C-](CC(F)(F)CC(F)(F)F)CC(F)(F)CC(F)(F)F.CCS[C-](CC(F)(F)C(F)(F)F)CC(F)(F)C(F)(F)F.CS[C-](CC(F)(F)F)CC(F)(F)F.FF.FF.O=O.O=O.O=O. The molecule has 0 saturated heterocycles. The lowest BCUT2D eigenvalue weighted by molar-refractivity contribution is -0.290. The molecule has 6 nitrogen and oxygen atoms in total. The van der Waals surface area contributed by atoms with Gasteiger partial charge in [0.05, 0.1) is 0 Å². The third kappa shape index (κ3) is 51.1. The standard InChI is InChI=1S/C12H15F10S.C9H9F10S.C6H7F6S.2F2.3O2/c1-2-3-23-8(4-9(13,14)6-11(17,18)19)5-10(15,16)7-12(20,21)22;1-2-20-5(3-6(10,11)8(14,15)16)4-7(12,13)9(17,18)19;1-13-4(2-5(7,8)9)3-6(10,11)12;5*1-2/h2-7H2,1H3;2-4H2,1H3;2-3H2,1H3;;;;;/q3*-1;;;;;. The van der Waals surface area contributed by atoms with E-state index >= 15 is 0 Å². The summed E-state index contributed by atoms with van der Waals surface area (Å²) in [4.78, 5) is 42.0. The van der Waals surface area contributed by atoms with Crippen LogP contribution in [-0.4, -0.2) is 78.5 Å². The molecule has 0 N–H and O–H groups in total. The van der Waals surface area contributed by atoms with Crippen molar-refractivity contribution in [3.8, 4) is 0 Å². The number of halogens is 30. The van der Waals surface area contributed by atoms with E-state index in [1.54, 1.807) is 6.92 Å². The van der Waals surface area contributed by atoms with Crippen LogP contribution in [0.3, 0.4) is 0 Å². The lowest BCUT2D eigenvalue weighted by Gasteiger charge is -2.37. The largest absolute Gasteiger partial charge is 0.450 e. The molecule has 0 aromatic heterocycles.